The molecule has 0 radical (unpaired) electrons. The number of carbonyl (C=O) groups excluding carboxylic acids is 8. The van der Waals surface area contributed by atoms with Crippen LogP contribution in [-0.4, -0.2) is 75.1 Å². The number of amides is 1. The van der Waals surface area contributed by atoms with Crippen LogP contribution >= 0.6 is 11.6 Å². The maximum absolute atomic E-state index is 14.5. The molecule has 6 fully saturated rings. The van der Waals surface area contributed by atoms with Gasteiger partial charge in [0.1, 0.15) is 0 Å². The molecule has 1 amide bonds. The zero-order chi connectivity index (χ0) is 59.7. The number of allylic oxidation sites excluding steroid dienone is 7. The van der Waals surface area contributed by atoms with Crippen LogP contribution < -0.4 is 4.72 Å². The van der Waals surface area contributed by atoms with Crippen molar-refractivity contribution in [2.45, 2.75) is 187 Å². The minimum atomic E-state index is -3.89. The summed E-state index contributed by atoms with van der Waals surface area (Å²) in [6.07, 6.45) is 18.8. The van der Waals surface area contributed by atoms with Gasteiger partial charge in [0.15, 0.2) is 23.1 Å². The topological polar surface area (TPSA) is 201 Å². The van der Waals surface area contributed by atoms with Crippen molar-refractivity contribution in [2.24, 2.45) is 100 Å². The number of hydrogen-bond donors (Lipinski definition) is 1. The van der Waals surface area contributed by atoms with Crippen LogP contribution in [0.4, 0.5) is 0 Å². The number of nitrogens with one attached hydrogen (secondary N) is 1. The average molecular weight is 1140 g/mol. The summed E-state index contributed by atoms with van der Waals surface area (Å²) in [6, 6.07) is 0. The second-order valence-electron chi connectivity index (χ2n) is 31.1. The normalized spacial score (nSPS) is 43.4. The minimum Gasteiger partial charge on any atom is -0.469 e. The molecule has 10 rings (SSSR count). The first-order valence-corrected chi connectivity index (χ1v) is 31.8. The molecule has 14 atom stereocenters. The zero-order valence-electron chi connectivity index (χ0n) is 50.9. The van der Waals surface area contributed by atoms with Gasteiger partial charge in [-0.3, -0.25) is 38.4 Å². The molecule has 80 heavy (non-hydrogen) atoms. The van der Waals surface area contributed by atoms with Crippen LogP contribution in [0.3, 0.4) is 0 Å². The predicted molar refractivity (Wildman–Crippen MR) is 304 cm³/mol. The van der Waals surface area contributed by atoms with Crippen molar-refractivity contribution < 1.29 is 56.2 Å². The average Bonchev–Trinajstić information content (AvgIpc) is 3.34. The van der Waals surface area contributed by atoms with E-state index >= 15 is 0 Å². The standard InChI is InChI=1S/C33H47NO7S.C32H43ClO5/c1-28(2)12-14-33(27(38)41-8)15-13-32(7)24(20(33)18-28)21(35)16-23-30(5)17-19(26(37)34-42(9,39)40)25(36)29(3,4)22(30)10-11-31(23,32)6;1-27(2)11-13-32(26(37)38-8)14-12-31(7)23(19(32)17-27)20(34)15-22-29(5)16-18(25(33)36)24(35)28(3,4)21(29)9-10-30(22,31)6/h16-17,20,22,24H,10-15,18H2,1-9H3,(H,34,37);15-16,19,21,23H,9-14,17H2,1-8H3/t20-,22-,24-,30-,31+,32+,33-;19-,21-,23-,29-,30+,31+,32-/m00/s1. The van der Waals surface area contributed by atoms with Gasteiger partial charge in [0.2, 0.25) is 10.0 Å². The quantitative estimate of drug-likeness (QED) is 0.155. The van der Waals surface area contributed by atoms with E-state index in [1.54, 1.807) is 18.2 Å². The molecular weight excluding hydrogens is 1050 g/mol. The van der Waals surface area contributed by atoms with Crippen LogP contribution in [0, 0.1) is 100 Å². The van der Waals surface area contributed by atoms with Gasteiger partial charge in [-0.1, -0.05) is 120 Å². The van der Waals surface area contributed by atoms with E-state index in [-0.39, 0.29) is 103 Å². The molecule has 0 heterocycles. The summed E-state index contributed by atoms with van der Waals surface area (Å²) in [5.74, 6) is -2.87. The number of methoxy groups -OCH3 is 2. The van der Waals surface area contributed by atoms with Crippen LogP contribution in [0.2, 0.25) is 0 Å². The number of halogens is 1. The number of carbonyl (C=O) groups is 8. The largest absolute Gasteiger partial charge is 0.469 e. The first kappa shape index (κ1) is 60.5. The molecule has 13 nitrogen and oxygen atoms in total. The molecule has 0 aromatic carbocycles. The van der Waals surface area contributed by atoms with E-state index < -0.39 is 64.5 Å². The molecule has 0 spiro atoms. The van der Waals surface area contributed by atoms with Gasteiger partial charge in [-0.15, -0.1) is 0 Å². The number of ether oxygens (including phenoxy) is 2. The highest BCUT2D eigenvalue weighted by Crippen LogP contribution is 2.77. The molecule has 15 heteroatoms. The Morgan fingerprint density at radius 3 is 1.24 bits per heavy atom. The SMILES string of the molecule is COC(=O)[C@]12CCC(C)(C)C[C@H]1[C@H]1C(=O)C=C3[C@@]4(C)C=C(C(=O)Cl)C(=O)C(C)(C)[C@@H]4CC[C@@]3(C)[C@]1(C)CC2.COC(=O)[C@]12CCC(C)(C)C[C@H]1[C@H]1C(=O)C=C3[C@@]4(C)C=C(C(=O)NS(C)(=O)=O)C(=O)C(C)(C)[C@@H]4CC[C@@]3(C)[C@]1(C)CC2. The molecule has 1 N–H and O–H groups in total. The highest BCUT2D eigenvalue weighted by molar-refractivity contribution is 7.89. The van der Waals surface area contributed by atoms with Crippen LogP contribution in [0.5, 0.6) is 0 Å². The van der Waals surface area contributed by atoms with Crippen molar-refractivity contribution in [2.75, 3.05) is 20.5 Å². The summed E-state index contributed by atoms with van der Waals surface area (Å²) in [4.78, 5) is 108. The molecule has 6 saturated carbocycles. The molecular formula is C65H90ClNO12S. The number of Topliss-reactive ketones (excluding diaryl/α,β-unsaturated/α-hetero) is 2. The fourth-order valence-corrected chi connectivity index (χ4v) is 21.3. The highest BCUT2D eigenvalue weighted by atomic mass is 35.5. The Balaban J connectivity index is 0.000000195. The molecule has 0 bridgehead atoms. The number of sulfonamides is 1. The lowest BCUT2D eigenvalue weighted by Gasteiger charge is -2.68. The van der Waals surface area contributed by atoms with Crippen molar-refractivity contribution in [3.8, 4) is 0 Å². The predicted octanol–water partition coefficient (Wildman–Crippen LogP) is 11.6. The molecule has 0 aliphatic heterocycles. The van der Waals surface area contributed by atoms with Crippen LogP contribution in [0.1, 0.15) is 187 Å². The Morgan fingerprint density at radius 2 is 0.887 bits per heavy atom. The summed E-state index contributed by atoms with van der Waals surface area (Å²) in [7, 11) is -0.969. The molecule has 0 aromatic heterocycles. The lowest BCUT2D eigenvalue weighted by Crippen LogP contribution is -2.66. The number of hydrogen-bond acceptors (Lipinski definition) is 12. The summed E-state index contributed by atoms with van der Waals surface area (Å²) in [5, 5.41) is -0.730. The third kappa shape index (κ3) is 8.21. The smallest absolute Gasteiger partial charge is 0.312 e. The number of fused-ring (bicyclic) bond motifs is 14. The third-order valence-electron chi connectivity index (χ3n) is 25.4. The summed E-state index contributed by atoms with van der Waals surface area (Å²) < 4.78 is 36.7. The molecule has 10 aliphatic rings. The van der Waals surface area contributed by atoms with Crippen LogP contribution in [-0.2, 0) is 57.9 Å². The molecule has 0 unspecified atom stereocenters. The van der Waals surface area contributed by atoms with E-state index in [2.05, 4.69) is 62.3 Å². The van der Waals surface area contributed by atoms with Crippen molar-refractivity contribution in [1.29, 1.82) is 0 Å². The Labute approximate surface area is 480 Å². The Hall–Kier alpha value is -4.04. The summed E-state index contributed by atoms with van der Waals surface area (Å²) >= 11 is 5.95. The van der Waals surface area contributed by atoms with E-state index in [0.717, 1.165) is 88.0 Å². The fraction of sp³-hybridized carbons (Fsp3) is 0.754. The lowest BCUT2D eigenvalue weighted by atomic mass is 9.34. The minimum absolute atomic E-state index is 0.00633. The van der Waals surface area contributed by atoms with E-state index in [0.29, 0.717) is 19.3 Å². The first-order valence-electron chi connectivity index (χ1n) is 29.5. The maximum Gasteiger partial charge on any atom is 0.312 e. The highest BCUT2D eigenvalue weighted by Gasteiger charge is 2.73. The van der Waals surface area contributed by atoms with Crippen molar-refractivity contribution >= 4 is 67.8 Å². The molecule has 10 aliphatic carbocycles. The molecule has 0 saturated heterocycles. The summed E-state index contributed by atoms with van der Waals surface area (Å²) in [5.41, 5.74) is -4.20. The monoisotopic (exact) mass is 1140 g/mol. The van der Waals surface area contributed by atoms with Gasteiger partial charge < -0.3 is 9.47 Å². The Kier molecular flexibility index (Phi) is 14.0. The second-order valence-corrected chi connectivity index (χ2v) is 33.2. The third-order valence-corrected chi connectivity index (χ3v) is 26.2. The van der Waals surface area contributed by atoms with Crippen LogP contribution in [0.25, 0.3) is 0 Å². The zero-order valence-corrected chi connectivity index (χ0v) is 52.4. The first-order chi connectivity index (χ1) is 36.5. The van der Waals surface area contributed by atoms with Gasteiger partial charge in [0.05, 0.1) is 42.5 Å². The Bertz CT molecular complexity index is 3070. The van der Waals surface area contributed by atoms with Gasteiger partial charge in [-0.05, 0) is 170 Å². The van der Waals surface area contributed by atoms with Gasteiger partial charge in [0.25, 0.3) is 11.1 Å². The number of esters is 2. The number of rotatable bonds is 5. The summed E-state index contributed by atoms with van der Waals surface area (Å²) in [6.45, 7) is 29.5. The maximum atomic E-state index is 14.5. The second kappa shape index (κ2) is 18.5. The van der Waals surface area contributed by atoms with Gasteiger partial charge in [-0.2, -0.15) is 0 Å². The van der Waals surface area contributed by atoms with E-state index in [4.69, 9.17) is 21.1 Å². The molecule has 440 valence electrons. The van der Waals surface area contributed by atoms with Crippen LogP contribution in [0.15, 0.2) is 46.6 Å². The van der Waals surface area contributed by atoms with E-state index in [9.17, 15) is 46.8 Å². The van der Waals surface area contributed by atoms with Crippen molar-refractivity contribution in [3.05, 3.63) is 46.6 Å². The van der Waals surface area contributed by atoms with Crippen molar-refractivity contribution in [1.82, 2.24) is 4.72 Å². The van der Waals surface area contributed by atoms with Crippen molar-refractivity contribution in [3.63, 3.8) is 0 Å². The van der Waals surface area contributed by atoms with E-state index in [1.165, 1.54) is 14.2 Å². The van der Waals surface area contributed by atoms with E-state index in [1.807, 2.05) is 45.4 Å². The number of ketones is 4. The van der Waals surface area contributed by atoms with Gasteiger partial charge in [-0.25, -0.2) is 13.1 Å². The Morgan fingerprint density at radius 1 is 0.537 bits per heavy atom. The fourth-order valence-electron chi connectivity index (χ4n) is 20.8. The lowest BCUT2D eigenvalue weighted by molar-refractivity contribution is -0.192. The van der Waals surface area contributed by atoms with Gasteiger partial charge >= 0.3 is 11.9 Å². The molecule has 0 aromatic rings. The van der Waals surface area contributed by atoms with Gasteiger partial charge in [0, 0.05) is 33.5 Å².